The number of carbonyl (C=O) groups is 1. The maximum absolute atomic E-state index is 12.7. The van der Waals surface area contributed by atoms with E-state index >= 15 is 0 Å². The predicted octanol–water partition coefficient (Wildman–Crippen LogP) is 3.09. The van der Waals surface area contributed by atoms with Gasteiger partial charge >= 0.3 is 6.18 Å². The van der Waals surface area contributed by atoms with E-state index in [-0.39, 0.29) is 11.1 Å². The Morgan fingerprint density at radius 3 is 2.31 bits per heavy atom. The maximum Gasteiger partial charge on any atom is 0.417 e. The van der Waals surface area contributed by atoms with E-state index in [1.807, 2.05) is 0 Å². The molecule has 2 nitrogen and oxygen atoms in total. The van der Waals surface area contributed by atoms with Crippen LogP contribution in [0.2, 0.25) is 0 Å². The molecule has 0 amide bonds. The fourth-order valence-corrected chi connectivity index (χ4v) is 1.55. The highest BCUT2D eigenvalue weighted by Gasteiger charge is 2.36. The Labute approximate surface area is 90.3 Å². The van der Waals surface area contributed by atoms with Gasteiger partial charge in [0.1, 0.15) is 0 Å². The molecule has 0 aliphatic carbocycles. The van der Waals surface area contributed by atoms with Crippen molar-refractivity contribution in [1.29, 1.82) is 5.26 Å². The van der Waals surface area contributed by atoms with Crippen molar-refractivity contribution in [3.8, 4) is 6.07 Å². The Balaban J connectivity index is 3.62. The van der Waals surface area contributed by atoms with E-state index in [0.717, 1.165) is 6.07 Å². The number of halogens is 3. The van der Waals surface area contributed by atoms with E-state index < -0.39 is 23.1 Å². The monoisotopic (exact) mass is 227 g/mol. The highest BCUT2D eigenvalue weighted by atomic mass is 19.4. The van der Waals surface area contributed by atoms with Crippen LogP contribution in [-0.4, -0.2) is 5.78 Å². The number of hydrogen-bond acceptors (Lipinski definition) is 2. The smallest absolute Gasteiger partial charge is 0.295 e. The van der Waals surface area contributed by atoms with Gasteiger partial charge in [0.05, 0.1) is 17.2 Å². The molecule has 0 unspecified atom stereocenters. The van der Waals surface area contributed by atoms with Gasteiger partial charge in [0.2, 0.25) is 0 Å². The SMILES string of the molecule is CC(=O)c1ccc(C#N)c(C(F)(F)F)c1C. The predicted molar refractivity (Wildman–Crippen MR) is 50.9 cm³/mol. The molecule has 0 heterocycles. The minimum absolute atomic E-state index is 0.00803. The van der Waals surface area contributed by atoms with Gasteiger partial charge in [0.25, 0.3) is 0 Å². The number of carbonyl (C=O) groups excluding carboxylic acids is 1. The van der Waals surface area contributed by atoms with Gasteiger partial charge in [0, 0.05) is 5.56 Å². The van der Waals surface area contributed by atoms with Gasteiger partial charge in [-0.15, -0.1) is 0 Å². The summed E-state index contributed by atoms with van der Waals surface area (Å²) in [7, 11) is 0. The molecule has 1 rings (SSSR count). The number of ketones is 1. The second-order valence-electron chi connectivity index (χ2n) is 3.33. The molecule has 0 radical (unpaired) electrons. The fourth-order valence-electron chi connectivity index (χ4n) is 1.55. The summed E-state index contributed by atoms with van der Waals surface area (Å²) in [6.07, 6.45) is -4.62. The number of hydrogen-bond donors (Lipinski definition) is 0. The Bertz CT molecular complexity index is 483. The van der Waals surface area contributed by atoms with Gasteiger partial charge in [-0.1, -0.05) is 0 Å². The van der Waals surface area contributed by atoms with Crippen molar-refractivity contribution in [3.63, 3.8) is 0 Å². The summed E-state index contributed by atoms with van der Waals surface area (Å²) in [6.45, 7) is 2.38. The van der Waals surface area contributed by atoms with Gasteiger partial charge in [-0.25, -0.2) is 0 Å². The van der Waals surface area contributed by atoms with E-state index in [9.17, 15) is 18.0 Å². The van der Waals surface area contributed by atoms with Crippen LogP contribution in [0.15, 0.2) is 12.1 Å². The second-order valence-corrected chi connectivity index (χ2v) is 3.33. The van der Waals surface area contributed by atoms with Crippen molar-refractivity contribution < 1.29 is 18.0 Å². The molecule has 0 aliphatic heterocycles. The maximum atomic E-state index is 12.7. The Morgan fingerprint density at radius 1 is 1.38 bits per heavy atom. The number of nitrogens with zero attached hydrogens (tertiary/aromatic N) is 1. The Kier molecular flexibility index (Phi) is 3.04. The quantitative estimate of drug-likeness (QED) is 0.691. The first-order chi connectivity index (χ1) is 7.29. The zero-order chi connectivity index (χ0) is 12.5. The third kappa shape index (κ3) is 2.06. The molecule has 0 atom stereocenters. The van der Waals surface area contributed by atoms with Crippen molar-refractivity contribution in [2.45, 2.75) is 20.0 Å². The molecule has 16 heavy (non-hydrogen) atoms. The Hall–Kier alpha value is -1.83. The number of benzene rings is 1. The molecule has 0 spiro atoms. The number of nitriles is 1. The van der Waals surface area contributed by atoms with Crippen molar-refractivity contribution in [3.05, 3.63) is 34.4 Å². The van der Waals surface area contributed by atoms with Gasteiger partial charge in [0.15, 0.2) is 5.78 Å². The fraction of sp³-hybridized carbons (Fsp3) is 0.273. The van der Waals surface area contributed by atoms with Gasteiger partial charge in [-0.3, -0.25) is 4.79 Å². The minimum atomic E-state index is -4.62. The van der Waals surface area contributed by atoms with Crippen molar-refractivity contribution >= 4 is 5.78 Å². The lowest BCUT2D eigenvalue weighted by atomic mass is 9.95. The van der Waals surface area contributed by atoms with E-state index in [1.54, 1.807) is 0 Å². The highest BCUT2D eigenvalue weighted by molar-refractivity contribution is 5.96. The molecule has 5 heteroatoms. The number of Topliss-reactive ketones (excluding diaryl/α,β-unsaturated/α-hetero) is 1. The largest absolute Gasteiger partial charge is 0.417 e. The molecule has 84 valence electrons. The summed E-state index contributed by atoms with van der Waals surface area (Å²) in [6, 6.07) is 3.74. The van der Waals surface area contributed by atoms with Crippen LogP contribution in [0.4, 0.5) is 13.2 Å². The van der Waals surface area contributed by atoms with Crippen LogP contribution in [0, 0.1) is 18.3 Å². The lowest BCUT2D eigenvalue weighted by molar-refractivity contribution is -0.138. The molecule has 0 saturated carbocycles. The van der Waals surface area contributed by atoms with E-state index in [2.05, 4.69) is 0 Å². The average molecular weight is 227 g/mol. The third-order valence-corrected chi connectivity index (χ3v) is 2.25. The first-order valence-electron chi connectivity index (χ1n) is 4.41. The number of rotatable bonds is 1. The van der Waals surface area contributed by atoms with Crippen molar-refractivity contribution in [2.75, 3.05) is 0 Å². The summed E-state index contributed by atoms with van der Waals surface area (Å²) in [5.74, 6) is -0.451. The lowest BCUT2D eigenvalue weighted by Crippen LogP contribution is -2.13. The highest BCUT2D eigenvalue weighted by Crippen LogP contribution is 2.35. The van der Waals surface area contributed by atoms with Crippen LogP contribution in [0.25, 0.3) is 0 Å². The number of alkyl halides is 3. The molecular weight excluding hydrogens is 219 g/mol. The zero-order valence-electron chi connectivity index (χ0n) is 8.64. The summed E-state index contributed by atoms with van der Waals surface area (Å²) in [4.78, 5) is 11.1. The minimum Gasteiger partial charge on any atom is -0.295 e. The second kappa shape index (κ2) is 3.97. The summed E-state index contributed by atoms with van der Waals surface area (Å²) in [5.41, 5.74) is -1.69. The topological polar surface area (TPSA) is 40.9 Å². The van der Waals surface area contributed by atoms with Crippen LogP contribution < -0.4 is 0 Å². The molecule has 0 bridgehead atoms. The standard InChI is InChI=1S/C11H8F3NO/c1-6-9(7(2)16)4-3-8(5-15)10(6)11(12,13)14/h3-4H,1-2H3. The third-order valence-electron chi connectivity index (χ3n) is 2.25. The summed E-state index contributed by atoms with van der Waals surface area (Å²) >= 11 is 0. The van der Waals surface area contributed by atoms with Crippen LogP contribution >= 0.6 is 0 Å². The Morgan fingerprint density at radius 2 is 1.94 bits per heavy atom. The van der Waals surface area contributed by atoms with Gasteiger partial charge < -0.3 is 0 Å². The van der Waals surface area contributed by atoms with Crippen molar-refractivity contribution in [1.82, 2.24) is 0 Å². The van der Waals surface area contributed by atoms with Gasteiger partial charge in [-0.05, 0) is 31.5 Å². The van der Waals surface area contributed by atoms with Crippen LogP contribution in [0.3, 0.4) is 0 Å². The van der Waals surface area contributed by atoms with Crippen molar-refractivity contribution in [2.24, 2.45) is 0 Å². The normalized spacial score (nSPS) is 11.0. The van der Waals surface area contributed by atoms with Crippen LogP contribution in [0.5, 0.6) is 0 Å². The molecule has 0 aromatic heterocycles. The summed E-state index contributed by atoms with van der Waals surface area (Å²) < 4.78 is 38.0. The van der Waals surface area contributed by atoms with E-state index in [0.29, 0.717) is 0 Å². The molecule has 0 fully saturated rings. The summed E-state index contributed by atoms with van der Waals surface area (Å²) in [5, 5.41) is 8.60. The van der Waals surface area contributed by atoms with Crippen LogP contribution in [0.1, 0.15) is 34.0 Å². The molecule has 1 aromatic carbocycles. The molecule has 0 N–H and O–H groups in total. The van der Waals surface area contributed by atoms with E-state index in [4.69, 9.17) is 5.26 Å². The molecule has 0 aliphatic rings. The molecule has 0 saturated heterocycles. The average Bonchev–Trinajstić information content (AvgIpc) is 2.14. The van der Waals surface area contributed by atoms with Crippen LogP contribution in [-0.2, 0) is 6.18 Å². The molecule has 1 aromatic rings. The molecular formula is C11H8F3NO. The first-order valence-corrected chi connectivity index (χ1v) is 4.41. The first kappa shape index (κ1) is 12.2. The zero-order valence-corrected chi connectivity index (χ0v) is 8.64. The van der Waals surface area contributed by atoms with E-state index in [1.165, 1.54) is 26.0 Å². The van der Waals surface area contributed by atoms with Gasteiger partial charge in [-0.2, -0.15) is 18.4 Å². The lowest BCUT2D eigenvalue weighted by Gasteiger charge is -2.14.